The number of anilines is 1. The quantitative estimate of drug-likeness (QED) is 0.637. The van der Waals surface area contributed by atoms with E-state index in [9.17, 15) is 4.79 Å². The minimum absolute atomic E-state index is 0. The van der Waals surface area contributed by atoms with Crippen molar-refractivity contribution in [3.05, 3.63) is 70.3 Å². The van der Waals surface area contributed by atoms with Crippen molar-refractivity contribution in [2.75, 3.05) is 18.4 Å². The topological polar surface area (TPSA) is 32.3 Å². The molecular formula is C23H26Cl2N2O. The smallest absolute Gasteiger partial charge is 0.248 e. The van der Waals surface area contributed by atoms with Gasteiger partial charge in [0.1, 0.15) is 0 Å². The molecule has 5 heteroatoms. The fraction of sp³-hybridized carbons (Fsp3) is 0.348. The van der Waals surface area contributed by atoms with E-state index in [0.717, 1.165) is 17.8 Å². The number of benzene rings is 2. The number of hydrogen-bond donors (Lipinski definition) is 1. The average Bonchev–Trinajstić information content (AvgIpc) is 3.08. The second-order valence-electron chi connectivity index (χ2n) is 8.16. The monoisotopic (exact) mass is 416 g/mol. The molecule has 0 spiro atoms. The molecule has 0 radical (unpaired) electrons. The van der Waals surface area contributed by atoms with Crippen molar-refractivity contribution in [3.63, 3.8) is 0 Å². The third kappa shape index (κ3) is 4.12. The normalized spacial score (nSPS) is 20.3. The first-order valence-corrected chi connectivity index (χ1v) is 9.94. The molecule has 1 atom stereocenters. The zero-order valence-corrected chi connectivity index (χ0v) is 17.8. The fourth-order valence-corrected chi connectivity index (χ4v) is 4.65. The van der Waals surface area contributed by atoms with Gasteiger partial charge in [0.05, 0.1) is 0 Å². The maximum atomic E-state index is 12.4. The molecule has 0 aromatic heterocycles. The largest absolute Gasteiger partial charge is 0.323 e. The van der Waals surface area contributed by atoms with E-state index >= 15 is 0 Å². The van der Waals surface area contributed by atoms with Crippen LogP contribution in [0.25, 0.3) is 6.08 Å². The van der Waals surface area contributed by atoms with Gasteiger partial charge in [-0.3, -0.25) is 9.69 Å². The summed E-state index contributed by atoms with van der Waals surface area (Å²) in [6.45, 7) is 6.90. The summed E-state index contributed by atoms with van der Waals surface area (Å²) in [4.78, 5) is 15.0. The van der Waals surface area contributed by atoms with Crippen molar-refractivity contribution in [3.8, 4) is 0 Å². The van der Waals surface area contributed by atoms with Gasteiger partial charge < -0.3 is 5.32 Å². The van der Waals surface area contributed by atoms with Gasteiger partial charge in [0.2, 0.25) is 5.91 Å². The summed E-state index contributed by atoms with van der Waals surface area (Å²) in [5.74, 6) is -0.145. The molecule has 0 aliphatic carbocycles. The Bertz CT molecular complexity index is 907. The van der Waals surface area contributed by atoms with E-state index in [2.05, 4.69) is 36.2 Å². The standard InChI is InChI=1S/C23H25ClN2O.ClH/c1-23(2)15-26-13-5-8-21(26)18-14-17(10-11-19(18)23)25-22(27)12-9-16-6-3-4-7-20(16)24;/h3-4,6-7,9-12,14,21H,5,8,13,15H2,1-2H3,(H,25,27);1H/b12-9+;. The first-order valence-electron chi connectivity index (χ1n) is 9.56. The predicted molar refractivity (Wildman–Crippen MR) is 119 cm³/mol. The van der Waals surface area contributed by atoms with Gasteiger partial charge in [0.15, 0.2) is 0 Å². The Kier molecular flexibility index (Phi) is 6.18. The number of halogens is 2. The zero-order chi connectivity index (χ0) is 19.0. The Morgan fingerprint density at radius 2 is 2.04 bits per heavy atom. The lowest BCUT2D eigenvalue weighted by atomic mass is 9.76. The van der Waals surface area contributed by atoms with Crippen LogP contribution in [-0.4, -0.2) is 23.9 Å². The fourth-order valence-electron chi connectivity index (χ4n) is 4.45. The van der Waals surface area contributed by atoms with Gasteiger partial charge in [-0.2, -0.15) is 0 Å². The van der Waals surface area contributed by atoms with Crippen molar-refractivity contribution >= 4 is 41.7 Å². The molecule has 148 valence electrons. The van der Waals surface area contributed by atoms with Gasteiger partial charge in [-0.1, -0.05) is 49.7 Å². The first-order chi connectivity index (χ1) is 12.9. The summed E-state index contributed by atoms with van der Waals surface area (Å²) in [7, 11) is 0. The summed E-state index contributed by atoms with van der Waals surface area (Å²) in [5, 5.41) is 3.64. The molecule has 2 aliphatic rings. The van der Waals surface area contributed by atoms with Crippen molar-refractivity contribution in [1.29, 1.82) is 0 Å². The molecular weight excluding hydrogens is 391 g/mol. The lowest BCUT2D eigenvalue weighted by molar-refractivity contribution is -0.111. The molecule has 2 aromatic rings. The number of hydrogen-bond acceptors (Lipinski definition) is 2. The summed E-state index contributed by atoms with van der Waals surface area (Å²) < 4.78 is 0. The van der Waals surface area contributed by atoms with Crippen LogP contribution in [0.3, 0.4) is 0 Å². The highest BCUT2D eigenvalue weighted by Gasteiger charge is 2.39. The Hall–Kier alpha value is -1.81. The summed E-state index contributed by atoms with van der Waals surface area (Å²) >= 11 is 6.14. The summed E-state index contributed by atoms with van der Waals surface area (Å²) in [6.07, 6.45) is 5.73. The average molecular weight is 417 g/mol. The van der Waals surface area contributed by atoms with Crippen LogP contribution in [-0.2, 0) is 10.2 Å². The van der Waals surface area contributed by atoms with E-state index in [0.29, 0.717) is 11.1 Å². The SMILES string of the molecule is CC1(C)CN2CCCC2c2cc(NC(=O)/C=C/c3ccccc3Cl)ccc21.Cl. The van der Waals surface area contributed by atoms with Gasteiger partial charge in [-0.25, -0.2) is 0 Å². The van der Waals surface area contributed by atoms with Crippen LogP contribution < -0.4 is 5.32 Å². The molecule has 3 nitrogen and oxygen atoms in total. The van der Waals surface area contributed by atoms with E-state index < -0.39 is 0 Å². The molecule has 1 amide bonds. The molecule has 4 rings (SSSR count). The summed E-state index contributed by atoms with van der Waals surface area (Å²) in [5.41, 5.74) is 4.62. The molecule has 0 saturated carbocycles. The number of nitrogens with one attached hydrogen (secondary N) is 1. The number of carbonyl (C=O) groups is 1. The van der Waals surface area contributed by atoms with Crippen LogP contribution in [0, 0.1) is 0 Å². The van der Waals surface area contributed by atoms with Crippen LogP contribution in [0.1, 0.15) is 49.4 Å². The first kappa shape index (κ1) is 20.9. The minimum Gasteiger partial charge on any atom is -0.323 e. The van der Waals surface area contributed by atoms with Crippen molar-refractivity contribution < 1.29 is 4.79 Å². The van der Waals surface area contributed by atoms with Gasteiger partial charge in [0.25, 0.3) is 0 Å². The Labute approximate surface area is 178 Å². The van der Waals surface area contributed by atoms with E-state index in [-0.39, 0.29) is 23.7 Å². The molecule has 2 aliphatic heterocycles. The number of nitrogens with zero attached hydrogens (tertiary/aromatic N) is 1. The molecule has 28 heavy (non-hydrogen) atoms. The molecule has 1 unspecified atom stereocenters. The second kappa shape index (κ2) is 8.28. The van der Waals surface area contributed by atoms with Crippen LogP contribution in [0.15, 0.2) is 48.5 Å². The van der Waals surface area contributed by atoms with Gasteiger partial charge in [0, 0.05) is 34.8 Å². The molecule has 1 N–H and O–H groups in total. The second-order valence-corrected chi connectivity index (χ2v) is 8.57. The highest BCUT2D eigenvalue weighted by Crippen LogP contribution is 2.45. The van der Waals surface area contributed by atoms with E-state index in [4.69, 9.17) is 11.6 Å². The van der Waals surface area contributed by atoms with Crippen LogP contribution in [0.4, 0.5) is 5.69 Å². The van der Waals surface area contributed by atoms with Gasteiger partial charge in [-0.15, -0.1) is 12.4 Å². The molecule has 1 saturated heterocycles. The number of amides is 1. The third-order valence-corrected chi connectivity index (χ3v) is 6.03. The van der Waals surface area contributed by atoms with Gasteiger partial charge >= 0.3 is 0 Å². The summed E-state index contributed by atoms with van der Waals surface area (Å²) in [6, 6.07) is 14.4. The third-order valence-electron chi connectivity index (χ3n) is 5.69. The predicted octanol–water partition coefficient (Wildman–Crippen LogP) is 5.84. The molecule has 2 heterocycles. The van der Waals surface area contributed by atoms with Gasteiger partial charge in [-0.05, 0) is 60.4 Å². The van der Waals surface area contributed by atoms with Crippen LogP contribution in [0.2, 0.25) is 5.02 Å². The Balaban J connectivity index is 0.00000225. The lowest BCUT2D eigenvalue weighted by Gasteiger charge is -2.42. The number of fused-ring (bicyclic) bond motifs is 3. The van der Waals surface area contributed by atoms with Crippen molar-refractivity contribution in [2.45, 2.75) is 38.1 Å². The maximum absolute atomic E-state index is 12.4. The van der Waals surface area contributed by atoms with Crippen molar-refractivity contribution in [2.24, 2.45) is 0 Å². The number of carbonyl (C=O) groups excluding carboxylic acids is 1. The maximum Gasteiger partial charge on any atom is 0.248 e. The minimum atomic E-state index is -0.145. The van der Waals surface area contributed by atoms with Crippen molar-refractivity contribution in [1.82, 2.24) is 4.90 Å². The molecule has 1 fully saturated rings. The van der Waals surface area contributed by atoms with Crippen LogP contribution in [0.5, 0.6) is 0 Å². The lowest BCUT2D eigenvalue weighted by Crippen LogP contribution is -2.42. The Morgan fingerprint density at radius 3 is 2.82 bits per heavy atom. The molecule has 2 aromatic carbocycles. The Morgan fingerprint density at radius 1 is 1.25 bits per heavy atom. The molecule has 0 bridgehead atoms. The highest BCUT2D eigenvalue weighted by molar-refractivity contribution is 6.32. The van der Waals surface area contributed by atoms with E-state index in [1.54, 1.807) is 6.08 Å². The van der Waals surface area contributed by atoms with E-state index in [1.807, 2.05) is 30.3 Å². The highest BCUT2D eigenvalue weighted by atomic mass is 35.5. The van der Waals surface area contributed by atoms with Crippen LogP contribution >= 0.6 is 24.0 Å². The van der Waals surface area contributed by atoms with E-state index in [1.165, 1.54) is 36.6 Å². The number of rotatable bonds is 3. The zero-order valence-electron chi connectivity index (χ0n) is 16.2.